The van der Waals surface area contributed by atoms with Crippen LogP contribution in [0.25, 0.3) is 10.9 Å². The highest BCUT2D eigenvalue weighted by Crippen LogP contribution is 2.17. The number of nitrogens with one attached hydrogen (secondary N) is 2. The summed E-state index contributed by atoms with van der Waals surface area (Å²) in [7, 11) is 1.58. The lowest BCUT2D eigenvalue weighted by molar-refractivity contribution is 0.0951. The molecule has 7 heteroatoms. The van der Waals surface area contributed by atoms with Gasteiger partial charge in [0.05, 0.1) is 18.0 Å². The summed E-state index contributed by atoms with van der Waals surface area (Å²) in [5.74, 6) is 0.394. The Morgan fingerprint density at radius 1 is 1.14 bits per heavy atom. The third-order valence-corrected chi connectivity index (χ3v) is 4.86. The van der Waals surface area contributed by atoms with Crippen molar-refractivity contribution in [2.45, 2.75) is 39.3 Å². The van der Waals surface area contributed by atoms with E-state index >= 15 is 0 Å². The number of nitrogens with zero attached hydrogens (tertiary/aromatic N) is 1. The molecule has 2 N–H and O–H groups in total. The second-order valence-electron chi connectivity index (χ2n) is 6.85. The highest BCUT2D eigenvalue weighted by atomic mass is 16.5. The predicted octanol–water partition coefficient (Wildman–Crippen LogP) is 2.82. The Bertz CT molecular complexity index is 1130. The molecule has 0 aliphatic carbocycles. The molecule has 3 aromatic rings. The Hall–Kier alpha value is -3.35. The van der Waals surface area contributed by atoms with Gasteiger partial charge in [-0.2, -0.15) is 0 Å². The first-order valence-electron chi connectivity index (χ1n) is 9.72. The van der Waals surface area contributed by atoms with Crippen molar-refractivity contribution in [1.82, 2.24) is 14.9 Å². The third-order valence-electron chi connectivity index (χ3n) is 4.86. The van der Waals surface area contributed by atoms with E-state index in [0.717, 1.165) is 24.8 Å². The fourth-order valence-corrected chi connectivity index (χ4v) is 3.25. The summed E-state index contributed by atoms with van der Waals surface area (Å²) in [6.07, 6.45) is 2.73. The summed E-state index contributed by atoms with van der Waals surface area (Å²) in [6, 6.07) is 12.1. The highest BCUT2D eigenvalue weighted by molar-refractivity contribution is 5.97. The predicted molar refractivity (Wildman–Crippen MR) is 113 cm³/mol. The van der Waals surface area contributed by atoms with Crippen molar-refractivity contribution in [3.63, 3.8) is 0 Å². The molecule has 0 unspecified atom stereocenters. The molecule has 1 aromatic heterocycles. The minimum absolute atomic E-state index is 0.300. The van der Waals surface area contributed by atoms with Crippen molar-refractivity contribution in [3.8, 4) is 5.75 Å². The summed E-state index contributed by atoms with van der Waals surface area (Å²) in [5, 5.41) is 3.23. The normalized spacial score (nSPS) is 10.8. The zero-order valence-electron chi connectivity index (χ0n) is 16.7. The number of hydrogen-bond donors (Lipinski definition) is 2. The van der Waals surface area contributed by atoms with Gasteiger partial charge in [0.1, 0.15) is 5.75 Å². The molecule has 3 rings (SSSR count). The van der Waals surface area contributed by atoms with Crippen molar-refractivity contribution in [3.05, 3.63) is 74.4 Å². The van der Waals surface area contributed by atoms with E-state index in [4.69, 9.17) is 4.74 Å². The number of fused-ring (bicyclic) bond motifs is 1. The second kappa shape index (κ2) is 9.23. The van der Waals surface area contributed by atoms with Crippen LogP contribution in [0.4, 0.5) is 0 Å². The SMILES string of the molecule is CCCCCn1c(=O)[nH]c2cc(C(=O)NCc3ccccc3OC)ccc2c1=O. The van der Waals surface area contributed by atoms with Gasteiger partial charge in [-0.3, -0.25) is 14.2 Å². The van der Waals surface area contributed by atoms with Crippen LogP contribution in [0.15, 0.2) is 52.1 Å². The molecule has 0 atom stereocenters. The molecule has 0 spiro atoms. The standard InChI is InChI=1S/C22H25N3O4/c1-3-4-7-12-25-21(27)17-11-10-15(13-18(17)24-22(25)28)20(26)23-14-16-8-5-6-9-19(16)29-2/h5-6,8-11,13H,3-4,7,12,14H2,1-2H3,(H,23,26)(H,24,28). The number of carbonyl (C=O) groups is 1. The van der Waals surface area contributed by atoms with Gasteiger partial charge in [-0.25, -0.2) is 4.79 Å². The van der Waals surface area contributed by atoms with E-state index in [1.165, 1.54) is 10.6 Å². The average molecular weight is 395 g/mol. The van der Waals surface area contributed by atoms with Gasteiger partial charge in [0.15, 0.2) is 0 Å². The average Bonchev–Trinajstić information content (AvgIpc) is 2.74. The molecule has 0 radical (unpaired) electrons. The first kappa shape index (κ1) is 20.4. The number of methoxy groups -OCH3 is 1. The summed E-state index contributed by atoms with van der Waals surface area (Å²) < 4.78 is 6.51. The zero-order valence-corrected chi connectivity index (χ0v) is 16.7. The molecular weight excluding hydrogens is 370 g/mol. The van der Waals surface area contributed by atoms with Crippen LogP contribution in [0.5, 0.6) is 5.75 Å². The van der Waals surface area contributed by atoms with Gasteiger partial charge in [-0.15, -0.1) is 0 Å². The maximum absolute atomic E-state index is 12.6. The molecule has 2 aromatic carbocycles. The van der Waals surface area contributed by atoms with E-state index in [-0.39, 0.29) is 11.5 Å². The number of aromatic nitrogens is 2. The van der Waals surface area contributed by atoms with Gasteiger partial charge in [0, 0.05) is 24.2 Å². The first-order valence-corrected chi connectivity index (χ1v) is 9.72. The van der Waals surface area contributed by atoms with Crippen LogP contribution < -0.4 is 21.3 Å². The highest BCUT2D eigenvalue weighted by Gasteiger charge is 2.12. The van der Waals surface area contributed by atoms with Crippen molar-refractivity contribution >= 4 is 16.8 Å². The van der Waals surface area contributed by atoms with Crippen LogP contribution in [0, 0.1) is 0 Å². The zero-order chi connectivity index (χ0) is 20.8. The Kier molecular flexibility index (Phi) is 6.49. The summed E-state index contributed by atoms with van der Waals surface area (Å²) >= 11 is 0. The first-order chi connectivity index (χ1) is 14.0. The topological polar surface area (TPSA) is 93.2 Å². The number of amides is 1. The molecule has 0 saturated heterocycles. The Balaban J connectivity index is 1.82. The van der Waals surface area contributed by atoms with Crippen molar-refractivity contribution in [2.24, 2.45) is 0 Å². The molecule has 0 bridgehead atoms. The van der Waals surface area contributed by atoms with Crippen molar-refractivity contribution < 1.29 is 9.53 Å². The maximum atomic E-state index is 12.6. The van der Waals surface area contributed by atoms with Crippen LogP contribution >= 0.6 is 0 Å². The molecule has 0 aliphatic rings. The molecule has 7 nitrogen and oxygen atoms in total. The molecule has 0 aliphatic heterocycles. The number of aromatic amines is 1. The number of para-hydroxylation sites is 1. The summed E-state index contributed by atoms with van der Waals surface area (Å²) in [4.78, 5) is 40.2. The quantitative estimate of drug-likeness (QED) is 0.574. The number of rotatable bonds is 8. The molecule has 0 saturated carbocycles. The molecule has 152 valence electrons. The van der Waals surface area contributed by atoms with Crippen LogP contribution in [0.2, 0.25) is 0 Å². The van der Waals surface area contributed by atoms with E-state index in [2.05, 4.69) is 17.2 Å². The van der Waals surface area contributed by atoms with Gasteiger partial charge < -0.3 is 15.0 Å². The molecule has 0 fully saturated rings. The minimum Gasteiger partial charge on any atom is -0.496 e. The number of carbonyl (C=O) groups excluding carboxylic acids is 1. The van der Waals surface area contributed by atoms with Crippen LogP contribution in [-0.2, 0) is 13.1 Å². The molecular formula is C22H25N3O4. The smallest absolute Gasteiger partial charge is 0.328 e. The van der Waals surface area contributed by atoms with Crippen LogP contribution in [0.1, 0.15) is 42.1 Å². The van der Waals surface area contributed by atoms with Gasteiger partial charge in [-0.1, -0.05) is 38.0 Å². The van der Waals surface area contributed by atoms with Gasteiger partial charge >= 0.3 is 5.69 Å². The van der Waals surface area contributed by atoms with Crippen LogP contribution in [0.3, 0.4) is 0 Å². The second-order valence-corrected chi connectivity index (χ2v) is 6.85. The van der Waals surface area contributed by atoms with Gasteiger partial charge in [0.25, 0.3) is 11.5 Å². The van der Waals surface area contributed by atoms with E-state index in [9.17, 15) is 14.4 Å². The Morgan fingerprint density at radius 2 is 1.93 bits per heavy atom. The van der Waals surface area contributed by atoms with Crippen molar-refractivity contribution in [2.75, 3.05) is 7.11 Å². The fourth-order valence-electron chi connectivity index (χ4n) is 3.25. The lowest BCUT2D eigenvalue weighted by Gasteiger charge is -2.10. The largest absolute Gasteiger partial charge is 0.496 e. The number of ether oxygens (including phenoxy) is 1. The van der Waals surface area contributed by atoms with E-state index in [1.54, 1.807) is 19.2 Å². The summed E-state index contributed by atoms with van der Waals surface area (Å²) in [6.45, 7) is 2.75. The number of benzene rings is 2. The number of unbranched alkanes of at least 4 members (excludes halogenated alkanes) is 2. The molecule has 1 heterocycles. The monoisotopic (exact) mass is 395 g/mol. The Morgan fingerprint density at radius 3 is 2.69 bits per heavy atom. The molecule has 1 amide bonds. The molecule has 29 heavy (non-hydrogen) atoms. The lowest BCUT2D eigenvalue weighted by Crippen LogP contribution is -2.35. The van der Waals surface area contributed by atoms with Gasteiger partial charge in [-0.05, 0) is 30.7 Å². The fraction of sp³-hybridized carbons (Fsp3) is 0.318. The van der Waals surface area contributed by atoms with Crippen LogP contribution in [-0.4, -0.2) is 22.6 Å². The number of H-pyrrole nitrogens is 1. The van der Waals surface area contributed by atoms with Gasteiger partial charge in [0.2, 0.25) is 0 Å². The van der Waals surface area contributed by atoms with Crippen molar-refractivity contribution in [1.29, 1.82) is 0 Å². The maximum Gasteiger partial charge on any atom is 0.328 e. The third kappa shape index (κ3) is 4.56. The number of hydrogen-bond acceptors (Lipinski definition) is 4. The Labute approximate surface area is 168 Å². The summed E-state index contributed by atoms with van der Waals surface area (Å²) in [5.41, 5.74) is 0.793. The van der Waals surface area contributed by atoms with E-state index in [0.29, 0.717) is 35.3 Å². The van der Waals surface area contributed by atoms with E-state index < -0.39 is 5.69 Å². The lowest BCUT2D eigenvalue weighted by atomic mass is 10.1. The minimum atomic E-state index is -0.454. The van der Waals surface area contributed by atoms with E-state index in [1.807, 2.05) is 24.3 Å².